The van der Waals surface area contributed by atoms with Gasteiger partial charge in [0.05, 0.1) is 10.8 Å². The number of hydrogen-bond acceptors (Lipinski definition) is 3. The molecule has 0 aliphatic heterocycles. The molecule has 1 amide bonds. The zero-order chi connectivity index (χ0) is 13.5. The van der Waals surface area contributed by atoms with Crippen molar-refractivity contribution in [3.63, 3.8) is 0 Å². The first-order chi connectivity index (χ1) is 8.54. The Morgan fingerprint density at radius 2 is 2.28 bits per heavy atom. The quantitative estimate of drug-likeness (QED) is 0.426. The summed E-state index contributed by atoms with van der Waals surface area (Å²) in [5.41, 5.74) is 5.95. The van der Waals surface area contributed by atoms with Crippen molar-refractivity contribution in [2.45, 2.75) is 18.2 Å². The van der Waals surface area contributed by atoms with Gasteiger partial charge >= 0.3 is 0 Å². The molecule has 4 nitrogen and oxygen atoms in total. The van der Waals surface area contributed by atoms with Crippen LogP contribution in [0.15, 0.2) is 23.1 Å². The Hall–Kier alpha value is -1.20. The first-order valence-corrected chi connectivity index (χ1v) is 6.94. The molecule has 1 aromatic carbocycles. The molecule has 0 aliphatic rings. The second-order valence-electron chi connectivity index (χ2n) is 3.70. The number of carbonyl (C=O) groups excluding carboxylic acids is 1. The van der Waals surface area contributed by atoms with Crippen molar-refractivity contribution in [2.24, 2.45) is 5.73 Å². The highest BCUT2D eigenvalue weighted by molar-refractivity contribution is 8.00. The lowest BCUT2D eigenvalue weighted by Crippen LogP contribution is -2.25. The van der Waals surface area contributed by atoms with Crippen LogP contribution < -0.4 is 11.1 Å². The molecule has 98 valence electrons. The largest absolute Gasteiger partial charge is 0.384 e. The van der Waals surface area contributed by atoms with Crippen LogP contribution in [0.2, 0.25) is 5.02 Å². The van der Waals surface area contributed by atoms with Gasteiger partial charge in [-0.1, -0.05) is 24.6 Å². The van der Waals surface area contributed by atoms with E-state index >= 15 is 0 Å². The lowest BCUT2D eigenvalue weighted by Gasteiger charge is -2.06. The number of hydrogen-bond donors (Lipinski definition) is 3. The Morgan fingerprint density at radius 1 is 1.56 bits per heavy atom. The third kappa shape index (κ3) is 4.58. The van der Waals surface area contributed by atoms with Crippen molar-refractivity contribution < 1.29 is 4.79 Å². The SMILES string of the molecule is CCCNC(=O)CSc1ccc(C(=N)N)cc1Cl. The van der Waals surface area contributed by atoms with Gasteiger partial charge < -0.3 is 11.1 Å². The van der Waals surface area contributed by atoms with E-state index in [0.29, 0.717) is 22.9 Å². The van der Waals surface area contributed by atoms with E-state index < -0.39 is 0 Å². The minimum Gasteiger partial charge on any atom is -0.384 e. The monoisotopic (exact) mass is 285 g/mol. The average molecular weight is 286 g/mol. The molecule has 0 heterocycles. The van der Waals surface area contributed by atoms with E-state index in [1.165, 1.54) is 11.8 Å². The molecule has 4 N–H and O–H groups in total. The van der Waals surface area contributed by atoms with Crippen LogP contribution in [0.5, 0.6) is 0 Å². The van der Waals surface area contributed by atoms with Gasteiger partial charge in [0, 0.05) is 17.0 Å². The first kappa shape index (κ1) is 14.9. The highest BCUT2D eigenvalue weighted by atomic mass is 35.5. The zero-order valence-electron chi connectivity index (χ0n) is 10.1. The standard InChI is InChI=1S/C12H16ClN3OS/c1-2-5-16-11(17)7-18-10-4-3-8(12(14)15)6-9(10)13/h3-4,6H,2,5,7H2,1H3,(H3,14,15)(H,16,17). The predicted molar refractivity (Wildman–Crippen MR) is 76.5 cm³/mol. The van der Waals surface area contributed by atoms with Gasteiger partial charge in [0.2, 0.25) is 5.91 Å². The topological polar surface area (TPSA) is 79.0 Å². The second-order valence-corrected chi connectivity index (χ2v) is 5.12. The molecule has 0 radical (unpaired) electrons. The van der Waals surface area contributed by atoms with Crippen LogP contribution in [0.3, 0.4) is 0 Å². The maximum atomic E-state index is 11.4. The molecule has 0 aromatic heterocycles. The van der Waals surface area contributed by atoms with Gasteiger partial charge in [-0.3, -0.25) is 10.2 Å². The van der Waals surface area contributed by atoms with Gasteiger partial charge in [-0.05, 0) is 18.6 Å². The minimum atomic E-state index is -0.0193. The summed E-state index contributed by atoms with van der Waals surface area (Å²) in [5.74, 6) is 0.307. The van der Waals surface area contributed by atoms with E-state index in [0.717, 1.165) is 11.3 Å². The van der Waals surface area contributed by atoms with Gasteiger partial charge in [0.15, 0.2) is 0 Å². The summed E-state index contributed by atoms with van der Waals surface area (Å²) < 4.78 is 0. The number of amides is 1. The summed E-state index contributed by atoms with van der Waals surface area (Å²) in [7, 11) is 0. The lowest BCUT2D eigenvalue weighted by atomic mass is 10.2. The Balaban J connectivity index is 2.58. The summed E-state index contributed by atoms with van der Waals surface area (Å²) in [4.78, 5) is 12.2. The first-order valence-electron chi connectivity index (χ1n) is 5.58. The van der Waals surface area contributed by atoms with Crippen LogP contribution in [-0.2, 0) is 4.79 Å². The predicted octanol–water partition coefficient (Wildman–Crippen LogP) is 2.24. The van der Waals surface area contributed by atoms with Crippen molar-refractivity contribution in [1.29, 1.82) is 5.41 Å². The fraction of sp³-hybridized carbons (Fsp3) is 0.333. The summed E-state index contributed by atoms with van der Waals surface area (Å²) in [6, 6.07) is 5.13. The summed E-state index contributed by atoms with van der Waals surface area (Å²) in [6.45, 7) is 2.70. The molecular weight excluding hydrogens is 270 g/mol. The fourth-order valence-corrected chi connectivity index (χ4v) is 2.34. The highest BCUT2D eigenvalue weighted by Gasteiger charge is 2.07. The number of rotatable bonds is 6. The highest BCUT2D eigenvalue weighted by Crippen LogP contribution is 2.27. The fourth-order valence-electron chi connectivity index (χ4n) is 1.24. The molecule has 1 aromatic rings. The number of amidine groups is 1. The smallest absolute Gasteiger partial charge is 0.230 e. The van der Waals surface area contributed by atoms with Gasteiger partial charge in [-0.25, -0.2) is 0 Å². The van der Waals surface area contributed by atoms with Crippen molar-refractivity contribution in [3.05, 3.63) is 28.8 Å². The maximum Gasteiger partial charge on any atom is 0.230 e. The number of halogens is 1. The number of nitrogens with one attached hydrogen (secondary N) is 2. The van der Waals surface area contributed by atoms with Gasteiger partial charge in [-0.15, -0.1) is 11.8 Å². The van der Waals surface area contributed by atoms with E-state index in [2.05, 4.69) is 5.32 Å². The lowest BCUT2D eigenvalue weighted by molar-refractivity contribution is -0.118. The molecule has 0 bridgehead atoms. The van der Waals surface area contributed by atoms with Crippen LogP contribution in [0, 0.1) is 5.41 Å². The number of benzene rings is 1. The maximum absolute atomic E-state index is 11.4. The second kappa shape index (κ2) is 7.28. The van der Waals surface area contributed by atoms with Crippen LogP contribution in [0.25, 0.3) is 0 Å². The van der Waals surface area contributed by atoms with Crippen molar-refractivity contribution in [1.82, 2.24) is 5.32 Å². The number of carbonyl (C=O) groups is 1. The Bertz CT molecular complexity index is 451. The van der Waals surface area contributed by atoms with Crippen LogP contribution in [-0.4, -0.2) is 24.0 Å². The summed E-state index contributed by atoms with van der Waals surface area (Å²) in [5, 5.41) is 10.6. The molecule has 0 fully saturated rings. The number of thioether (sulfide) groups is 1. The van der Waals surface area contributed by atoms with Gasteiger partial charge in [-0.2, -0.15) is 0 Å². The molecule has 18 heavy (non-hydrogen) atoms. The van der Waals surface area contributed by atoms with Crippen molar-refractivity contribution >= 4 is 35.1 Å². The molecule has 0 saturated heterocycles. The Morgan fingerprint density at radius 3 is 2.83 bits per heavy atom. The molecule has 0 saturated carbocycles. The van der Waals surface area contributed by atoms with Gasteiger partial charge in [0.25, 0.3) is 0 Å². The third-order valence-corrected chi connectivity index (χ3v) is 3.67. The number of nitrogen functional groups attached to an aromatic ring is 1. The van der Waals surface area contributed by atoms with E-state index in [1.807, 2.05) is 6.92 Å². The van der Waals surface area contributed by atoms with E-state index in [9.17, 15) is 4.79 Å². The van der Waals surface area contributed by atoms with E-state index in [4.69, 9.17) is 22.7 Å². The third-order valence-electron chi connectivity index (χ3n) is 2.17. The molecular formula is C12H16ClN3OS. The summed E-state index contributed by atoms with van der Waals surface area (Å²) in [6.07, 6.45) is 0.921. The molecule has 6 heteroatoms. The van der Waals surface area contributed by atoms with Crippen LogP contribution in [0.4, 0.5) is 0 Å². The molecule has 0 aliphatic carbocycles. The summed E-state index contributed by atoms with van der Waals surface area (Å²) >= 11 is 7.43. The molecule has 1 rings (SSSR count). The molecule has 0 atom stereocenters. The van der Waals surface area contributed by atoms with Crippen molar-refractivity contribution in [2.75, 3.05) is 12.3 Å². The number of nitrogens with two attached hydrogens (primary N) is 1. The van der Waals surface area contributed by atoms with Crippen molar-refractivity contribution in [3.8, 4) is 0 Å². The van der Waals surface area contributed by atoms with Crippen LogP contribution in [0.1, 0.15) is 18.9 Å². The van der Waals surface area contributed by atoms with E-state index in [1.54, 1.807) is 18.2 Å². The average Bonchev–Trinajstić information content (AvgIpc) is 2.34. The molecule has 0 spiro atoms. The van der Waals surface area contributed by atoms with Gasteiger partial charge in [0.1, 0.15) is 5.84 Å². The minimum absolute atomic E-state index is 0.00596. The normalized spacial score (nSPS) is 10.1. The van der Waals surface area contributed by atoms with E-state index in [-0.39, 0.29) is 11.7 Å². The molecule has 0 unspecified atom stereocenters. The zero-order valence-corrected chi connectivity index (χ0v) is 11.7. The Labute approximate surface area is 116 Å². The van der Waals surface area contributed by atoms with Crippen LogP contribution >= 0.6 is 23.4 Å². The Kier molecular flexibility index (Phi) is 6.01.